The van der Waals surface area contributed by atoms with Crippen LogP contribution in [0, 0.1) is 5.41 Å². The van der Waals surface area contributed by atoms with Gasteiger partial charge in [-0.2, -0.15) is 0 Å². The first-order valence-electron chi connectivity index (χ1n) is 9.14. The van der Waals surface area contributed by atoms with Crippen molar-refractivity contribution < 1.29 is 9.53 Å². The van der Waals surface area contributed by atoms with Gasteiger partial charge >= 0.3 is 0 Å². The maximum atomic E-state index is 13.0. The molecular weight excluding hydrogens is 312 g/mol. The molecule has 1 fully saturated rings. The fourth-order valence-corrected chi connectivity index (χ4v) is 4.41. The molecule has 2 aliphatic rings. The molecular formula is C21H26N2O2. The van der Waals surface area contributed by atoms with Gasteiger partial charge in [0.1, 0.15) is 5.54 Å². The Morgan fingerprint density at radius 1 is 1.24 bits per heavy atom. The van der Waals surface area contributed by atoms with Gasteiger partial charge in [0.25, 0.3) is 0 Å². The van der Waals surface area contributed by atoms with Gasteiger partial charge in [0, 0.05) is 29.5 Å². The van der Waals surface area contributed by atoms with E-state index in [4.69, 9.17) is 10.5 Å². The molecule has 4 nitrogen and oxygen atoms in total. The van der Waals surface area contributed by atoms with E-state index in [9.17, 15) is 4.79 Å². The van der Waals surface area contributed by atoms with Gasteiger partial charge in [-0.25, -0.2) is 0 Å². The lowest BCUT2D eigenvalue weighted by atomic mass is 9.54. The summed E-state index contributed by atoms with van der Waals surface area (Å²) in [5.74, 6) is -0.118. The van der Waals surface area contributed by atoms with Crippen molar-refractivity contribution in [1.29, 1.82) is 0 Å². The van der Waals surface area contributed by atoms with Crippen LogP contribution in [0.4, 0.5) is 5.69 Å². The van der Waals surface area contributed by atoms with Crippen molar-refractivity contribution in [1.82, 2.24) is 0 Å². The smallest absolute Gasteiger partial charge is 0.245 e. The van der Waals surface area contributed by atoms with Gasteiger partial charge in [0.15, 0.2) is 0 Å². The van der Waals surface area contributed by atoms with Gasteiger partial charge in [-0.15, -0.1) is 0 Å². The summed E-state index contributed by atoms with van der Waals surface area (Å²) < 4.78 is 5.74. The topological polar surface area (TPSA) is 64.3 Å². The van der Waals surface area contributed by atoms with Gasteiger partial charge in [0.05, 0.1) is 6.10 Å². The lowest BCUT2D eigenvalue weighted by Crippen LogP contribution is -2.74. The molecule has 25 heavy (non-hydrogen) atoms. The molecule has 4 heteroatoms. The fraction of sp³-hybridized carbons (Fsp3) is 0.476. The maximum Gasteiger partial charge on any atom is 0.245 e. The van der Waals surface area contributed by atoms with Crippen LogP contribution in [0.3, 0.4) is 0 Å². The zero-order valence-corrected chi connectivity index (χ0v) is 15.2. The Kier molecular flexibility index (Phi) is 3.67. The molecule has 3 N–H and O–H groups in total. The summed E-state index contributed by atoms with van der Waals surface area (Å²) >= 11 is 0. The van der Waals surface area contributed by atoms with Crippen LogP contribution in [0.1, 0.15) is 38.3 Å². The third-order valence-electron chi connectivity index (χ3n) is 6.36. The van der Waals surface area contributed by atoms with E-state index in [0.717, 1.165) is 23.9 Å². The molecule has 2 aromatic rings. The third kappa shape index (κ3) is 2.24. The SMILES string of the molecule is CCOC1CC(N)(C(=O)Nc2ccc3c4c(cccc24)CC3)C1(C)C. The molecule has 2 aliphatic carbocycles. The average Bonchev–Trinajstić information content (AvgIpc) is 3.01. The molecule has 132 valence electrons. The van der Waals surface area contributed by atoms with E-state index in [1.807, 2.05) is 26.8 Å². The Balaban J connectivity index is 1.64. The summed E-state index contributed by atoms with van der Waals surface area (Å²) in [7, 11) is 0. The molecule has 0 spiro atoms. The van der Waals surface area contributed by atoms with Crippen LogP contribution < -0.4 is 11.1 Å². The fourth-order valence-electron chi connectivity index (χ4n) is 4.41. The quantitative estimate of drug-likeness (QED) is 0.898. The zero-order chi connectivity index (χ0) is 17.8. The second-order valence-electron chi connectivity index (χ2n) is 7.91. The Bertz CT molecular complexity index is 848. The van der Waals surface area contributed by atoms with E-state index in [1.165, 1.54) is 16.5 Å². The van der Waals surface area contributed by atoms with Crippen molar-refractivity contribution in [2.24, 2.45) is 11.1 Å². The molecule has 4 rings (SSSR count). The zero-order valence-electron chi connectivity index (χ0n) is 15.2. The highest BCUT2D eigenvalue weighted by molar-refractivity contribution is 6.08. The van der Waals surface area contributed by atoms with E-state index in [-0.39, 0.29) is 17.4 Å². The highest BCUT2D eigenvalue weighted by Crippen LogP contribution is 2.50. The first-order chi connectivity index (χ1) is 11.9. The average molecular weight is 338 g/mol. The molecule has 2 aromatic carbocycles. The molecule has 2 atom stereocenters. The van der Waals surface area contributed by atoms with Crippen LogP contribution in [0.5, 0.6) is 0 Å². The first-order valence-corrected chi connectivity index (χ1v) is 9.14. The number of benzene rings is 2. The van der Waals surface area contributed by atoms with Gasteiger partial charge in [-0.05, 0) is 42.3 Å². The number of amides is 1. The first kappa shape index (κ1) is 16.6. The number of nitrogens with two attached hydrogens (primary N) is 1. The van der Waals surface area contributed by atoms with Crippen molar-refractivity contribution in [2.45, 2.75) is 51.7 Å². The minimum Gasteiger partial charge on any atom is -0.378 e. The molecule has 0 bridgehead atoms. The summed E-state index contributed by atoms with van der Waals surface area (Å²) in [5.41, 5.74) is 8.81. The van der Waals surface area contributed by atoms with Crippen LogP contribution in [0.15, 0.2) is 30.3 Å². The summed E-state index contributed by atoms with van der Waals surface area (Å²) in [5, 5.41) is 5.52. The standard InChI is InChI=1S/C21H26N2O2/c1-4-25-17-12-21(22,20(17,2)3)19(24)23-16-11-10-14-9-8-13-6-5-7-15(16)18(13)14/h5-7,10-11,17H,4,8-9,12,22H2,1-3H3,(H,23,24). The predicted octanol–water partition coefficient (Wildman–Crippen LogP) is 3.41. The molecule has 0 radical (unpaired) electrons. The summed E-state index contributed by atoms with van der Waals surface area (Å²) in [4.78, 5) is 13.0. The monoisotopic (exact) mass is 338 g/mol. The van der Waals surface area contributed by atoms with Gasteiger partial charge in [-0.1, -0.05) is 38.1 Å². The number of hydrogen-bond donors (Lipinski definition) is 2. The van der Waals surface area contributed by atoms with Crippen molar-refractivity contribution in [2.75, 3.05) is 11.9 Å². The van der Waals surface area contributed by atoms with E-state index in [1.54, 1.807) is 0 Å². The highest BCUT2D eigenvalue weighted by atomic mass is 16.5. The number of rotatable bonds is 4. The second kappa shape index (κ2) is 5.55. The number of ether oxygens (including phenoxy) is 1. The molecule has 0 saturated heterocycles. The number of aryl methyl sites for hydroxylation is 2. The van der Waals surface area contributed by atoms with Crippen LogP contribution in [0.2, 0.25) is 0 Å². The Hall–Kier alpha value is -1.91. The van der Waals surface area contributed by atoms with Crippen LogP contribution in [-0.4, -0.2) is 24.2 Å². The lowest BCUT2D eigenvalue weighted by molar-refractivity contribution is -0.166. The number of carbonyl (C=O) groups is 1. The number of hydrogen-bond acceptors (Lipinski definition) is 3. The molecule has 0 heterocycles. The van der Waals surface area contributed by atoms with E-state index in [0.29, 0.717) is 13.0 Å². The van der Waals surface area contributed by atoms with Gasteiger partial charge in [0.2, 0.25) is 5.91 Å². The van der Waals surface area contributed by atoms with Crippen molar-refractivity contribution in [3.8, 4) is 0 Å². The number of anilines is 1. The van der Waals surface area contributed by atoms with Crippen molar-refractivity contribution in [3.63, 3.8) is 0 Å². The molecule has 0 aliphatic heterocycles. The van der Waals surface area contributed by atoms with Gasteiger partial charge < -0.3 is 15.8 Å². The van der Waals surface area contributed by atoms with E-state index >= 15 is 0 Å². The minimum absolute atomic E-state index is 0.0288. The van der Waals surface area contributed by atoms with Crippen LogP contribution in [-0.2, 0) is 22.4 Å². The number of carbonyl (C=O) groups excluding carboxylic acids is 1. The molecule has 2 unspecified atom stereocenters. The summed E-state index contributed by atoms with van der Waals surface area (Å²) in [6.07, 6.45) is 2.74. The minimum atomic E-state index is -0.907. The van der Waals surface area contributed by atoms with Crippen LogP contribution >= 0.6 is 0 Å². The van der Waals surface area contributed by atoms with Crippen LogP contribution in [0.25, 0.3) is 10.8 Å². The Morgan fingerprint density at radius 3 is 2.64 bits per heavy atom. The molecule has 1 saturated carbocycles. The molecule has 1 amide bonds. The number of nitrogens with one attached hydrogen (secondary N) is 1. The highest BCUT2D eigenvalue weighted by Gasteiger charge is 2.62. The van der Waals surface area contributed by atoms with Crippen molar-refractivity contribution in [3.05, 3.63) is 41.5 Å². The Labute approximate surface area is 148 Å². The largest absolute Gasteiger partial charge is 0.378 e. The lowest BCUT2D eigenvalue weighted by Gasteiger charge is -2.57. The van der Waals surface area contributed by atoms with E-state index in [2.05, 4.69) is 29.6 Å². The van der Waals surface area contributed by atoms with Crippen molar-refractivity contribution >= 4 is 22.4 Å². The Morgan fingerprint density at radius 2 is 1.96 bits per heavy atom. The van der Waals surface area contributed by atoms with E-state index < -0.39 is 5.54 Å². The predicted molar refractivity (Wildman–Crippen MR) is 101 cm³/mol. The summed E-state index contributed by atoms with van der Waals surface area (Å²) in [6.45, 7) is 6.65. The second-order valence-corrected chi connectivity index (χ2v) is 7.91. The third-order valence-corrected chi connectivity index (χ3v) is 6.36. The maximum absolute atomic E-state index is 13.0. The summed E-state index contributed by atoms with van der Waals surface area (Å²) in [6, 6.07) is 10.5. The normalized spacial score (nSPS) is 26.5. The molecule has 0 aromatic heterocycles. The van der Waals surface area contributed by atoms with Gasteiger partial charge in [-0.3, -0.25) is 4.79 Å².